The molecule has 0 radical (unpaired) electrons. The van der Waals surface area contributed by atoms with Crippen LogP contribution in [0, 0.1) is 5.41 Å². The summed E-state index contributed by atoms with van der Waals surface area (Å²) in [5, 5.41) is 3.76. The Morgan fingerprint density at radius 3 is 2.40 bits per heavy atom. The maximum atomic E-state index is 5.56. The Labute approximate surface area is 124 Å². The highest BCUT2D eigenvalue weighted by molar-refractivity contribution is 4.99. The largest absolute Gasteiger partial charge is 0.381 e. The maximum absolute atomic E-state index is 5.56. The van der Waals surface area contributed by atoms with Crippen molar-refractivity contribution >= 4 is 0 Å². The van der Waals surface area contributed by atoms with E-state index < -0.39 is 0 Å². The molecule has 0 spiro atoms. The minimum atomic E-state index is 0.503. The van der Waals surface area contributed by atoms with Gasteiger partial charge < -0.3 is 10.1 Å². The van der Waals surface area contributed by atoms with Crippen LogP contribution in [0.5, 0.6) is 0 Å². The van der Waals surface area contributed by atoms with Gasteiger partial charge in [-0.25, -0.2) is 0 Å². The first-order chi connectivity index (χ1) is 9.70. The molecule has 0 aromatic carbocycles. The van der Waals surface area contributed by atoms with E-state index in [2.05, 4.69) is 24.1 Å². The number of piperidine rings is 1. The zero-order valence-electron chi connectivity index (χ0n) is 13.4. The van der Waals surface area contributed by atoms with Crippen LogP contribution in [0.3, 0.4) is 0 Å². The molecular formula is C17H32N2O. The number of rotatable bonds is 5. The lowest BCUT2D eigenvalue weighted by molar-refractivity contribution is -0.0136. The second kappa shape index (κ2) is 6.33. The monoisotopic (exact) mass is 280 g/mol. The van der Waals surface area contributed by atoms with Gasteiger partial charge in [0, 0.05) is 37.9 Å². The third kappa shape index (κ3) is 3.20. The van der Waals surface area contributed by atoms with E-state index in [0.717, 1.165) is 31.3 Å². The Morgan fingerprint density at radius 1 is 1.15 bits per heavy atom. The van der Waals surface area contributed by atoms with E-state index in [1.807, 2.05) is 0 Å². The van der Waals surface area contributed by atoms with Crippen molar-refractivity contribution in [2.75, 3.05) is 26.3 Å². The van der Waals surface area contributed by atoms with Gasteiger partial charge in [-0.05, 0) is 56.9 Å². The van der Waals surface area contributed by atoms with Gasteiger partial charge in [0.1, 0.15) is 0 Å². The average molecular weight is 280 g/mol. The van der Waals surface area contributed by atoms with Gasteiger partial charge in [0.15, 0.2) is 0 Å². The van der Waals surface area contributed by atoms with Gasteiger partial charge in [-0.2, -0.15) is 0 Å². The van der Waals surface area contributed by atoms with E-state index >= 15 is 0 Å². The summed E-state index contributed by atoms with van der Waals surface area (Å²) in [6.45, 7) is 9.20. The lowest BCUT2D eigenvalue weighted by Gasteiger charge is -2.45. The van der Waals surface area contributed by atoms with Crippen molar-refractivity contribution in [3.05, 3.63) is 0 Å². The van der Waals surface area contributed by atoms with Crippen molar-refractivity contribution in [2.45, 2.75) is 76.9 Å². The fourth-order valence-corrected chi connectivity index (χ4v) is 4.51. The molecule has 2 atom stereocenters. The van der Waals surface area contributed by atoms with Gasteiger partial charge in [0.2, 0.25) is 0 Å². The smallest absolute Gasteiger partial charge is 0.0471 e. The van der Waals surface area contributed by atoms with Crippen LogP contribution in [-0.4, -0.2) is 49.3 Å². The van der Waals surface area contributed by atoms with Gasteiger partial charge in [-0.1, -0.05) is 13.8 Å². The molecule has 0 saturated carbocycles. The molecule has 20 heavy (non-hydrogen) atoms. The first-order valence-corrected chi connectivity index (χ1v) is 8.77. The van der Waals surface area contributed by atoms with Crippen molar-refractivity contribution in [3.63, 3.8) is 0 Å². The molecule has 0 aliphatic carbocycles. The summed E-state index contributed by atoms with van der Waals surface area (Å²) in [4.78, 5) is 2.87. The molecule has 3 nitrogen and oxygen atoms in total. The van der Waals surface area contributed by atoms with E-state index in [1.54, 1.807) is 0 Å². The number of fused-ring (bicyclic) bond motifs is 2. The SMILES string of the molecule is CCCNC1CC2CCC(C1)N2CC1(C)CCOCC1. The van der Waals surface area contributed by atoms with E-state index in [0.29, 0.717) is 5.41 Å². The molecule has 3 heterocycles. The second-order valence-corrected chi connectivity index (χ2v) is 7.60. The molecule has 3 aliphatic rings. The highest BCUT2D eigenvalue weighted by Gasteiger charge is 2.43. The van der Waals surface area contributed by atoms with Crippen LogP contribution in [0.15, 0.2) is 0 Å². The second-order valence-electron chi connectivity index (χ2n) is 7.60. The first-order valence-electron chi connectivity index (χ1n) is 8.77. The number of hydrogen-bond donors (Lipinski definition) is 1. The summed E-state index contributed by atoms with van der Waals surface area (Å²) in [5.41, 5.74) is 0.503. The maximum Gasteiger partial charge on any atom is 0.0471 e. The molecule has 0 aromatic heterocycles. The van der Waals surface area contributed by atoms with Gasteiger partial charge in [0.05, 0.1) is 0 Å². The Bertz CT molecular complexity index is 300. The minimum Gasteiger partial charge on any atom is -0.381 e. The van der Waals surface area contributed by atoms with Gasteiger partial charge in [0.25, 0.3) is 0 Å². The quantitative estimate of drug-likeness (QED) is 0.838. The lowest BCUT2D eigenvalue weighted by Crippen LogP contribution is -2.52. The summed E-state index contributed by atoms with van der Waals surface area (Å²) in [5.74, 6) is 0. The van der Waals surface area contributed by atoms with Crippen LogP contribution in [0.1, 0.15) is 58.8 Å². The molecule has 3 aliphatic heterocycles. The Hall–Kier alpha value is -0.120. The van der Waals surface area contributed by atoms with Gasteiger partial charge in [-0.15, -0.1) is 0 Å². The summed E-state index contributed by atoms with van der Waals surface area (Å²) in [6.07, 6.45) is 9.38. The summed E-state index contributed by atoms with van der Waals surface area (Å²) in [7, 11) is 0. The highest BCUT2D eigenvalue weighted by Crippen LogP contribution is 2.40. The van der Waals surface area contributed by atoms with Crippen molar-refractivity contribution < 1.29 is 4.74 Å². The molecule has 1 N–H and O–H groups in total. The molecule has 0 amide bonds. The van der Waals surface area contributed by atoms with E-state index in [4.69, 9.17) is 4.74 Å². The normalized spacial score (nSPS) is 37.2. The molecule has 3 saturated heterocycles. The van der Waals surface area contributed by atoms with Crippen molar-refractivity contribution in [1.29, 1.82) is 0 Å². The molecule has 3 heteroatoms. The van der Waals surface area contributed by atoms with Crippen LogP contribution < -0.4 is 5.32 Å². The fraction of sp³-hybridized carbons (Fsp3) is 1.00. The Balaban J connectivity index is 1.56. The molecule has 2 unspecified atom stereocenters. The molecule has 3 fully saturated rings. The highest BCUT2D eigenvalue weighted by atomic mass is 16.5. The van der Waals surface area contributed by atoms with Crippen LogP contribution in [-0.2, 0) is 4.74 Å². The third-order valence-electron chi connectivity index (χ3n) is 5.83. The molecule has 3 rings (SSSR count). The zero-order chi connectivity index (χ0) is 14.0. The van der Waals surface area contributed by atoms with Crippen LogP contribution in [0.4, 0.5) is 0 Å². The molecular weight excluding hydrogens is 248 g/mol. The summed E-state index contributed by atoms with van der Waals surface area (Å²) < 4.78 is 5.56. The topological polar surface area (TPSA) is 24.5 Å². The predicted octanol–water partition coefficient (Wildman–Crippen LogP) is 2.80. The summed E-state index contributed by atoms with van der Waals surface area (Å²) >= 11 is 0. The van der Waals surface area contributed by atoms with E-state index in [-0.39, 0.29) is 0 Å². The van der Waals surface area contributed by atoms with Crippen LogP contribution in [0.25, 0.3) is 0 Å². The average Bonchev–Trinajstić information content (AvgIpc) is 2.68. The first kappa shape index (κ1) is 14.8. The van der Waals surface area contributed by atoms with Crippen molar-refractivity contribution in [2.24, 2.45) is 5.41 Å². The predicted molar refractivity (Wildman–Crippen MR) is 83.0 cm³/mol. The number of ether oxygens (including phenoxy) is 1. The van der Waals surface area contributed by atoms with Crippen LogP contribution >= 0.6 is 0 Å². The van der Waals surface area contributed by atoms with Crippen LogP contribution in [0.2, 0.25) is 0 Å². The zero-order valence-corrected chi connectivity index (χ0v) is 13.4. The molecule has 116 valence electrons. The van der Waals surface area contributed by atoms with Crippen molar-refractivity contribution in [3.8, 4) is 0 Å². The van der Waals surface area contributed by atoms with E-state index in [9.17, 15) is 0 Å². The standard InChI is InChI=1S/C17H32N2O/c1-3-8-18-14-11-15-4-5-16(12-14)19(15)13-17(2)6-9-20-10-7-17/h14-16,18H,3-13H2,1-2H3. The lowest BCUT2D eigenvalue weighted by atomic mass is 9.80. The summed E-state index contributed by atoms with van der Waals surface area (Å²) in [6, 6.07) is 2.48. The Kier molecular flexibility index (Phi) is 4.68. The van der Waals surface area contributed by atoms with Gasteiger partial charge in [-0.3, -0.25) is 4.90 Å². The van der Waals surface area contributed by atoms with Gasteiger partial charge >= 0.3 is 0 Å². The Morgan fingerprint density at radius 2 is 1.80 bits per heavy atom. The third-order valence-corrected chi connectivity index (χ3v) is 5.83. The van der Waals surface area contributed by atoms with Crippen molar-refractivity contribution in [1.82, 2.24) is 10.2 Å². The van der Waals surface area contributed by atoms with E-state index in [1.165, 1.54) is 58.0 Å². The molecule has 0 aromatic rings. The number of hydrogen-bond acceptors (Lipinski definition) is 3. The molecule has 2 bridgehead atoms. The fourth-order valence-electron chi connectivity index (χ4n) is 4.51. The minimum absolute atomic E-state index is 0.503. The number of nitrogens with one attached hydrogen (secondary N) is 1. The number of nitrogens with zero attached hydrogens (tertiary/aromatic N) is 1.